The number of nitro benzene ring substituents is 1. The van der Waals surface area contributed by atoms with E-state index >= 15 is 0 Å². The molecule has 0 aromatic heterocycles. The van der Waals surface area contributed by atoms with Crippen LogP contribution in [0.4, 0.5) is 5.69 Å². The number of esters is 1. The van der Waals surface area contributed by atoms with Crippen LogP contribution in [0, 0.1) is 16.0 Å². The van der Waals surface area contributed by atoms with Crippen molar-refractivity contribution in [3.63, 3.8) is 0 Å². The molecule has 2 heterocycles. The van der Waals surface area contributed by atoms with Gasteiger partial charge in [-0.1, -0.05) is 0 Å². The molecule has 0 bridgehead atoms. The second-order valence-corrected chi connectivity index (χ2v) is 10.6. The van der Waals surface area contributed by atoms with E-state index in [1.807, 2.05) is 6.92 Å². The fourth-order valence-corrected chi connectivity index (χ4v) is 5.19. The monoisotopic (exact) mass is 605 g/mol. The topological polar surface area (TPSA) is 151 Å². The normalized spacial score (nSPS) is 28.2. The molecule has 2 unspecified atom stereocenters. The van der Waals surface area contributed by atoms with Gasteiger partial charge in [-0.15, -0.1) is 0 Å². The molecule has 10 atom stereocenters. The SMILES string of the molecule is C=C(C)C(=C)[C@H](O)C[C@@H]1O[C@H]2C[C@@H](OB=NP)[C@@H](CCOB=NP)O[C@H]2[C@H](C)[C@H]1OC(=O)c1ccc([N+](=O)[O-])cc1. The van der Waals surface area contributed by atoms with Crippen molar-refractivity contribution in [1.82, 2.24) is 0 Å². The summed E-state index contributed by atoms with van der Waals surface area (Å²) in [5, 5.41) is 21.9. The van der Waals surface area contributed by atoms with Crippen molar-refractivity contribution < 1.29 is 38.3 Å². The molecule has 0 saturated carbocycles. The third-order valence-corrected chi connectivity index (χ3v) is 7.49. The molecule has 2 aliphatic heterocycles. The quantitative estimate of drug-likeness (QED) is 0.0678. The van der Waals surface area contributed by atoms with Crippen LogP contribution in [0.15, 0.2) is 57.9 Å². The molecule has 0 spiro atoms. The molecule has 2 aliphatic rings. The summed E-state index contributed by atoms with van der Waals surface area (Å²) < 4.78 is 37.7. The molecule has 1 N–H and O–H groups in total. The molecule has 220 valence electrons. The fourth-order valence-electron chi connectivity index (χ4n) is 5.04. The Bertz CT molecular complexity index is 1160. The fraction of sp³-hybridized carbons (Fsp3) is 0.560. The third kappa shape index (κ3) is 8.82. The number of nitro groups is 1. The van der Waals surface area contributed by atoms with Crippen molar-refractivity contribution in [2.75, 3.05) is 6.61 Å². The van der Waals surface area contributed by atoms with Crippen LogP contribution in [0.3, 0.4) is 0 Å². The zero-order valence-corrected chi connectivity index (χ0v) is 25.3. The van der Waals surface area contributed by atoms with Gasteiger partial charge < -0.3 is 0 Å². The van der Waals surface area contributed by atoms with Crippen LogP contribution in [0.25, 0.3) is 0 Å². The summed E-state index contributed by atoms with van der Waals surface area (Å²) in [6.45, 7) is 11.8. The van der Waals surface area contributed by atoms with Crippen LogP contribution in [-0.2, 0) is 23.5 Å². The summed E-state index contributed by atoms with van der Waals surface area (Å²) in [7, 11) is 7.06. The first-order valence-electron chi connectivity index (χ1n) is 13.1. The summed E-state index contributed by atoms with van der Waals surface area (Å²) >= 11 is 0. The van der Waals surface area contributed by atoms with Gasteiger partial charge in [-0.3, -0.25) is 10.1 Å². The van der Waals surface area contributed by atoms with Crippen LogP contribution in [-0.4, -0.2) is 79.9 Å². The minimum atomic E-state index is -0.981. The predicted molar refractivity (Wildman–Crippen MR) is 159 cm³/mol. The Labute approximate surface area is 245 Å². The van der Waals surface area contributed by atoms with Gasteiger partial charge >= 0.3 is 225 Å². The number of carbonyl (C=O) groups is 1. The average molecular weight is 605 g/mol. The summed E-state index contributed by atoms with van der Waals surface area (Å²) in [5.41, 5.74) is 1.09. The molecule has 1 aromatic rings. The van der Waals surface area contributed by atoms with E-state index in [2.05, 4.69) is 41.3 Å². The minimum absolute atomic E-state index is 0.0989. The van der Waals surface area contributed by atoms with Crippen LogP contribution in [0.2, 0.25) is 0 Å². The standard InChI is InChI=1S/C25H35B2N3O9P2/c1-13(2)14(3)18(31)11-21-24(38-25(32)16-5-7-17(8-6-16)30(33)34)15(4)23-22(36-21)12-20(39-27-29-41)19(37-23)9-10-35-26-28-40/h5-8,15,18-24,31H,1,3,9-12,40-41H2,2,4H3/t15-,18+,19+,20+,21-,22-,23-,24+/m0/s1. The molecule has 2 saturated heterocycles. The van der Waals surface area contributed by atoms with E-state index in [1.54, 1.807) is 6.92 Å². The second kappa shape index (κ2) is 15.8. The molecule has 41 heavy (non-hydrogen) atoms. The number of aliphatic hydroxyl groups excluding tert-OH is 1. The van der Waals surface area contributed by atoms with Crippen molar-refractivity contribution in [3.8, 4) is 0 Å². The average Bonchev–Trinajstić information content (AvgIpc) is 2.95. The summed E-state index contributed by atoms with van der Waals surface area (Å²) in [4.78, 5) is 23.6. The molecular formula is C25H35B2N3O9P2. The number of fused-ring (bicyclic) bond motifs is 1. The first-order chi connectivity index (χ1) is 19.6. The van der Waals surface area contributed by atoms with Crippen molar-refractivity contribution in [2.45, 2.75) is 75.8 Å². The first-order valence-corrected chi connectivity index (χ1v) is 14.1. The number of aliphatic hydroxyl groups is 1. The van der Waals surface area contributed by atoms with Gasteiger partial charge in [-0.25, -0.2) is 0 Å². The zero-order valence-electron chi connectivity index (χ0n) is 23.0. The Morgan fingerprint density at radius 3 is 2.51 bits per heavy atom. The van der Waals surface area contributed by atoms with E-state index in [0.29, 0.717) is 30.6 Å². The third-order valence-electron chi connectivity index (χ3n) is 7.25. The Morgan fingerprint density at radius 2 is 1.90 bits per heavy atom. The second-order valence-electron chi connectivity index (χ2n) is 10.0. The van der Waals surface area contributed by atoms with Crippen molar-refractivity contribution in [3.05, 3.63) is 64.2 Å². The molecule has 0 amide bonds. The van der Waals surface area contributed by atoms with Gasteiger partial charge in [0.1, 0.15) is 0 Å². The number of carbonyl (C=O) groups excluding carboxylic acids is 1. The van der Waals surface area contributed by atoms with Crippen molar-refractivity contribution >= 4 is 45.0 Å². The summed E-state index contributed by atoms with van der Waals surface area (Å²) in [5.74, 6) is -1.02. The number of nitrogens with zero attached hydrogens (tertiary/aromatic N) is 3. The van der Waals surface area contributed by atoms with Crippen molar-refractivity contribution in [2.24, 2.45) is 15.2 Å². The first kappa shape index (κ1) is 33.1. The number of rotatable bonds is 13. The zero-order chi connectivity index (χ0) is 30.1. The predicted octanol–water partition coefficient (Wildman–Crippen LogP) is 3.54. The Balaban J connectivity index is 1.86. The van der Waals surface area contributed by atoms with E-state index in [-0.39, 0.29) is 35.8 Å². The summed E-state index contributed by atoms with van der Waals surface area (Å²) in [6, 6.07) is 5.15. The molecule has 3 rings (SSSR count). The molecule has 2 fully saturated rings. The van der Waals surface area contributed by atoms with Crippen LogP contribution in [0.5, 0.6) is 0 Å². The number of hydrogen-bond acceptors (Lipinski definition) is 11. The van der Waals surface area contributed by atoms with Gasteiger partial charge in [0.15, 0.2) is 0 Å². The van der Waals surface area contributed by atoms with Crippen LogP contribution >= 0.6 is 18.8 Å². The summed E-state index contributed by atoms with van der Waals surface area (Å²) in [6.07, 6.45) is -3.09. The van der Waals surface area contributed by atoms with Crippen LogP contribution in [0.1, 0.15) is 43.5 Å². The van der Waals surface area contributed by atoms with Gasteiger partial charge in [0.05, 0.1) is 4.92 Å². The number of ether oxygens (including phenoxy) is 3. The molecule has 1 aromatic carbocycles. The van der Waals surface area contributed by atoms with Crippen molar-refractivity contribution in [1.29, 1.82) is 0 Å². The Morgan fingerprint density at radius 1 is 1.22 bits per heavy atom. The Hall–Kier alpha value is -2.36. The molecule has 0 radical (unpaired) electrons. The van der Waals surface area contributed by atoms with Crippen LogP contribution < -0.4 is 0 Å². The maximum absolute atomic E-state index is 13.2. The number of benzene rings is 1. The van der Waals surface area contributed by atoms with E-state index < -0.39 is 41.4 Å². The maximum atomic E-state index is 13.2. The van der Waals surface area contributed by atoms with Gasteiger partial charge in [0.2, 0.25) is 0 Å². The van der Waals surface area contributed by atoms with Gasteiger partial charge in [0.25, 0.3) is 5.69 Å². The molecule has 0 aliphatic carbocycles. The van der Waals surface area contributed by atoms with E-state index in [1.165, 1.54) is 38.8 Å². The van der Waals surface area contributed by atoms with E-state index in [4.69, 9.17) is 23.5 Å². The molecular weight excluding hydrogens is 570 g/mol. The van der Waals surface area contributed by atoms with E-state index in [9.17, 15) is 20.0 Å². The molecule has 12 nitrogen and oxygen atoms in total. The van der Waals surface area contributed by atoms with Gasteiger partial charge in [-0.2, -0.15) is 0 Å². The number of non-ortho nitro benzene ring substituents is 1. The van der Waals surface area contributed by atoms with Gasteiger partial charge in [-0.05, 0) is 0 Å². The molecule has 16 heteroatoms. The van der Waals surface area contributed by atoms with E-state index in [0.717, 1.165) is 0 Å². The Kier molecular flexibility index (Phi) is 12.7. The number of hydrogen-bond donors (Lipinski definition) is 1. The van der Waals surface area contributed by atoms with Gasteiger partial charge in [0, 0.05) is 0 Å².